The summed E-state index contributed by atoms with van der Waals surface area (Å²) < 4.78 is 12.2. The molecule has 3 aromatic rings. The van der Waals surface area contributed by atoms with Crippen LogP contribution in [0.1, 0.15) is 53.6 Å². The Labute approximate surface area is 173 Å². The molecule has 0 saturated heterocycles. The van der Waals surface area contributed by atoms with Gasteiger partial charge in [-0.3, -0.25) is 0 Å². The number of esters is 2. The summed E-state index contributed by atoms with van der Waals surface area (Å²) in [7, 11) is 0. The summed E-state index contributed by atoms with van der Waals surface area (Å²) in [5, 5.41) is 0.887. The van der Waals surface area contributed by atoms with Crippen molar-refractivity contribution in [2.75, 3.05) is 19.0 Å². The molecule has 0 aliphatic carbocycles. The van der Waals surface area contributed by atoms with E-state index in [2.05, 4.69) is 21.5 Å². The zero-order valence-corrected chi connectivity index (χ0v) is 17.7. The van der Waals surface area contributed by atoms with Gasteiger partial charge in [-0.2, -0.15) is 0 Å². The van der Waals surface area contributed by atoms with Crippen molar-refractivity contribution >= 4 is 34.9 Å². The molecule has 3 rings (SSSR count). The number of thioether (sulfide) groups is 1. The standard InChI is InChI=1S/C21H25N3O4S/c1-4-11-29-21-23-18-17(12-16(22-18)20(26)28-6-3)24(21)13-14-7-9-15(10-8-14)19(25)27-5-2/h7-10,12,22H,4-6,11,13H2,1-3H3. The van der Waals surface area contributed by atoms with Gasteiger partial charge >= 0.3 is 11.9 Å². The molecule has 0 aliphatic rings. The van der Waals surface area contributed by atoms with Crippen LogP contribution in [-0.2, 0) is 16.0 Å². The van der Waals surface area contributed by atoms with Gasteiger partial charge in [-0.1, -0.05) is 30.8 Å². The summed E-state index contributed by atoms with van der Waals surface area (Å²) in [4.78, 5) is 31.6. The molecular weight excluding hydrogens is 390 g/mol. The van der Waals surface area contributed by atoms with Crippen molar-refractivity contribution < 1.29 is 19.1 Å². The highest BCUT2D eigenvalue weighted by Gasteiger charge is 2.18. The Kier molecular flexibility index (Phi) is 6.98. The fourth-order valence-corrected chi connectivity index (χ4v) is 3.76. The van der Waals surface area contributed by atoms with Crippen molar-refractivity contribution in [3.8, 4) is 0 Å². The van der Waals surface area contributed by atoms with Crippen LogP contribution in [0.2, 0.25) is 0 Å². The molecule has 1 aromatic carbocycles. The van der Waals surface area contributed by atoms with Crippen LogP contribution in [0, 0.1) is 0 Å². The highest BCUT2D eigenvalue weighted by Crippen LogP contribution is 2.26. The Hall–Kier alpha value is -2.74. The van der Waals surface area contributed by atoms with Crippen molar-refractivity contribution in [3.63, 3.8) is 0 Å². The SMILES string of the molecule is CCCSc1nc2[nH]c(C(=O)OCC)cc2n1Cc1ccc(C(=O)OCC)cc1. The highest BCUT2D eigenvalue weighted by molar-refractivity contribution is 7.99. The van der Waals surface area contributed by atoms with Crippen molar-refractivity contribution in [2.24, 2.45) is 0 Å². The van der Waals surface area contributed by atoms with Gasteiger partial charge in [0.25, 0.3) is 0 Å². The van der Waals surface area contributed by atoms with Crippen LogP contribution < -0.4 is 0 Å². The number of rotatable bonds is 9. The zero-order chi connectivity index (χ0) is 20.8. The fraction of sp³-hybridized carbons (Fsp3) is 0.381. The van der Waals surface area contributed by atoms with Gasteiger partial charge in [0.05, 0.1) is 30.8 Å². The molecule has 0 saturated carbocycles. The summed E-state index contributed by atoms with van der Waals surface area (Å²) in [6.07, 6.45) is 1.04. The Morgan fingerprint density at radius 3 is 2.41 bits per heavy atom. The Bertz CT molecular complexity index is 991. The van der Waals surface area contributed by atoms with E-state index in [0.29, 0.717) is 36.7 Å². The predicted molar refractivity (Wildman–Crippen MR) is 113 cm³/mol. The van der Waals surface area contributed by atoms with E-state index < -0.39 is 5.97 Å². The van der Waals surface area contributed by atoms with E-state index in [9.17, 15) is 9.59 Å². The van der Waals surface area contributed by atoms with Gasteiger partial charge in [-0.05, 0) is 44.0 Å². The lowest BCUT2D eigenvalue weighted by molar-refractivity contribution is 0.0513. The van der Waals surface area contributed by atoms with Crippen molar-refractivity contribution in [1.29, 1.82) is 0 Å². The molecule has 0 radical (unpaired) electrons. The summed E-state index contributed by atoms with van der Waals surface area (Å²) >= 11 is 1.68. The number of hydrogen-bond acceptors (Lipinski definition) is 6. The van der Waals surface area contributed by atoms with Gasteiger partial charge < -0.3 is 19.0 Å². The summed E-state index contributed by atoms with van der Waals surface area (Å²) in [5.74, 6) is 0.234. The number of hydrogen-bond donors (Lipinski definition) is 1. The van der Waals surface area contributed by atoms with Crippen molar-refractivity contribution in [3.05, 3.63) is 47.2 Å². The average Bonchev–Trinajstić information content (AvgIpc) is 3.26. The van der Waals surface area contributed by atoms with Crippen LogP contribution in [0.4, 0.5) is 0 Å². The molecule has 0 spiro atoms. The number of ether oxygens (including phenoxy) is 2. The number of aromatic amines is 1. The lowest BCUT2D eigenvalue weighted by Crippen LogP contribution is -2.06. The number of fused-ring (bicyclic) bond motifs is 1. The number of H-pyrrole nitrogens is 1. The van der Waals surface area contributed by atoms with Crippen LogP contribution in [0.15, 0.2) is 35.5 Å². The van der Waals surface area contributed by atoms with E-state index in [1.165, 1.54) is 0 Å². The summed E-state index contributed by atoms with van der Waals surface area (Å²) in [6, 6.07) is 9.13. The minimum absolute atomic E-state index is 0.319. The van der Waals surface area contributed by atoms with E-state index in [-0.39, 0.29) is 5.97 Å². The van der Waals surface area contributed by atoms with E-state index >= 15 is 0 Å². The maximum atomic E-state index is 12.1. The second kappa shape index (κ2) is 9.65. The van der Waals surface area contributed by atoms with Crippen LogP contribution in [0.5, 0.6) is 0 Å². The second-order valence-electron chi connectivity index (χ2n) is 6.38. The number of carbonyl (C=O) groups excluding carboxylic acids is 2. The van der Waals surface area contributed by atoms with Crippen molar-refractivity contribution in [2.45, 2.75) is 38.9 Å². The number of nitrogens with one attached hydrogen (secondary N) is 1. The minimum atomic E-state index is -0.390. The molecular formula is C21H25N3O4S. The Balaban J connectivity index is 1.90. The predicted octanol–water partition coefficient (Wildman–Crippen LogP) is 4.27. The van der Waals surface area contributed by atoms with Gasteiger partial charge in [-0.15, -0.1) is 0 Å². The first-order chi connectivity index (χ1) is 14.1. The Morgan fingerprint density at radius 2 is 1.76 bits per heavy atom. The van der Waals surface area contributed by atoms with Crippen LogP contribution in [-0.4, -0.2) is 45.4 Å². The molecule has 0 unspecified atom stereocenters. The van der Waals surface area contributed by atoms with Gasteiger partial charge in [0, 0.05) is 5.75 Å². The average molecular weight is 416 g/mol. The molecule has 154 valence electrons. The molecule has 7 nitrogen and oxygen atoms in total. The molecule has 8 heteroatoms. The minimum Gasteiger partial charge on any atom is -0.462 e. The molecule has 0 fully saturated rings. The largest absolute Gasteiger partial charge is 0.462 e. The number of imidazole rings is 1. The lowest BCUT2D eigenvalue weighted by Gasteiger charge is -2.09. The lowest BCUT2D eigenvalue weighted by atomic mass is 10.1. The maximum absolute atomic E-state index is 12.1. The molecule has 0 atom stereocenters. The monoisotopic (exact) mass is 415 g/mol. The van der Waals surface area contributed by atoms with Gasteiger partial charge in [-0.25, -0.2) is 14.6 Å². The third kappa shape index (κ3) is 4.82. The molecule has 1 N–H and O–H groups in total. The van der Waals surface area contributed by atoms with Gasteiger partial charge in [0.15, 0.2) is 10.8 Å². The van der Waals surface area contributed by atoms with Crippen LogP contribution in [0.3, 0.4) is 0 Å². The first-order valence-electron chi connectivity index (χ1n) is 9.72. The van der Waals surface area contributed by atoms with Gasteiger partial charge in [0.1, 0.15) is 5.69 Å². The van der Waals surface area contributed by atoms with E-state index in [0.717, 1.165) is 28.4 Å². The summed E-state index contributed by atoms with van der Waals surface area (Å²) in [6.45, 7) is 6.93. The van der Waals surface area contributed by atoms with Crippen molar-refractivity contribution in [1.82, 2.24) is 14.5 Å². The topological polar surface area (TPSA) is 86.2 Å². The number of nitrogens with zero attached hydrogens (tertiary/aromatic N) is 2. The molecule has 2 aromatic heterocycles. The number of carbonyl (C=O) groups is 2. The third-order valence-electron chi connectivity index (χ3n) is 4.24. The van der Waals surface area contributed by atoms with Gasteiger partial charge in [0.2, 0.25) is 0 Å². The third-order valence-corrected chi connectivity index (χ3v) is 5.42. The fourth-order valence-electron chi connectivity index (χ4n) is 2.90. The molecule has 0 aliphatic heterocycles. The first-order valence-corrected chi connectivity index (χ1v) is 10.7. The highest BCUT2D eigenvalue weighted by atomic mass is 32.2. The number of benzene rings is 1. The normalized spacial score (nSPS) is 11.0. The first kappa shape index (κ1) is 21.0. The molecule has 0 bridgehead atoms. The summed E-state index contributed by atoms with van der Waals surface area (Å²) in [5.41, 5.74) is 3.45. The molecule has 29 heavy (non-hydrogen) atoms. The smallest absolute Gasteiger partial charge is 0.354 e. The van der Waals surface area contributed by atoms with Crippen LogP contribution in [0.25, 0.3) is 11.2 Å². The number of aromatic nitrogens is 3. The van der Waals surface area contributed by atoms with E-state index in [1.807, 2.05) is 12.1 Å². The molecule has 2 heterocycles. The van der Waals surface area contributed by atoms with Crippen LogP contribution >= 0.6 is 11.8 Å². The zero-order valence-electron chi connectivity index (χ0n) is 16.9. The van der Waals surface area contributed by atoms with E-state index in [1.54, 1.807) is 43.8 Å². The van der Waals surface area contributed by atoms with E-state index in [4.69, 9.17) is 9.47 Å². The maximum Gasteiger partial charge on any atom is 0.354 e. The quantitative estimate of drug-likeness (QED) is 0.415. The second-order valence-corrected chi connectivity index (χ2v) is 7.45. The molecule has 0 amide bonds. The Morgan fingerprint density at radius 1 is 1.07 bits per heavy atom.